The highest BCUT2D eigenvalue weighted by atomic mass is 16.3. The van der Waals surface area contributed by atoms with Gasteiger partial charge in [0, 0.05) is 44.3 Å². The van der Waals surface area contributed by atoms with Gasteiger partial charge in [-0.1, -0.05) is 176 Å². The highest BCUT2D eigenvalue weighted by Gasteiger charge is 2.18. The Balaban J connectivity index is 0.804. The Morgan fingerprint density at radius 3 is 1.39 bits per heavy atom. The van der Waals surface area contributed by atoms with Gasteiger partial charge in [-0.3, -0.25) is 0 Å². The van der Waals surface area contributed by atoms with Crippen molar-refractivity contribution in [1.82, 2.24) is 4.57 Å². The van der Waals surface area contributed by atoms with Crippen molar-refractivity contribution in [1.29, 1.82) is 0 Å². The first-order chi connectivity index (χ1) is 33.2. The van der Waals surface area contributed by atoms with Gasteiger partial charge < -0.3 is 13.9 Å². The summed E-state index contributed by atoms with van der Waals surface area (Å²) in [6.07, 6.45) is 0. The van der Waals surface area contributed by atoms with E-state index in [1.165, 1.54) is 82.8 Å². The number of anilines is 3. The van der Waals surface area contributed by atoms with E-state index in [1.54, 1.807) is 0 Å². The van der Waals surface area contributed by atoms with Gasteiger partial charge in [0.1, 0.15) is 11.2 Å². The maximum atomic E-state index is 6.31. The lowest BCUT2D eigenvalue weighted by atomic mass is 9.97. The molecule has 2 aromatic heterocycles. The van der Waals surface area contributed by atoms with Gasteiger partial charge >= 0.3 is 0 Å². The molecule has 13 aromatic rings. The standard InChI is InChI=1S/C64H42N2O/c1-3-11-43(12-4-1)47-27-34-53(35-28-47)65(55-38-31-50-33-40-63-64(58(50)42-55)57-16-8-10-18-62(57)67-63)54-36-29-48(30-37-54)46-21-19-44(20-22-46)45-23-25-49(26-24-45)51-32-39-61-59(41-51)56-15-7-9-17-60(56)66(61)52-13-5-2-6-14-52/h1-42H. The Bertz CT molecular complexity index is 3920. The van der Waals surface area contributed by atoms with Crippen LogP contribution in [-0.2, 0) is 0 Å². The molecule has 314 valence electrons. The number of hydrogen-bond acceptors (Lipinski definition) is 2. The van der Waals surface area contributed by atoms with Crippen LogP contribution < -0.4 is 4.90 Å². The van der Waals surface area contributed by atoms with Crippen molar-refractivity contribution in [3.63, 3.8) is 0 Å². The van der Waals surface area contributed by atoms with Crippen LogP contribution in [0.2, 0.25) is 0 Å². The highest BCUT2D eigenvalue weighted by molar-refractivity contribution is 6.19. The second-order valence-electron chi connectivity index (χ2n) is 17.3. The summed E-state index contributed by atoms with van der Waals surface area (Å²) in [4.78, 5) is 2.35. The topological polar surface area (TPSA) is 21.3 Å². The van der Waals surface area contributed by atoms with Crippen LogP contribution in [0.1, 0.15) is 0 Å². The third kappa shape index (κ3) is 6.76. The average Bonchev–Trinajstić information content (AvgIpc) is 3.96. The van der Waals surface area contributed by atoms with E-state index >= 15 is 0 Å². The summed E-state index contributed by atoms with van der Waals surface area (Å²) in [6.45, 7) is 0. The number of fused-ring (bicyclic) bond motifs is 8. The zero-order chi connectivity index (χ0) is 44.3. The Morgan fingerprint density at radius 1 is 0.284 bits per heavy atom. The molecule has 0 aliphatic heterocycles. The van der Waals surface area contributed by atoms with Crippen LogP contribution in [0.3, 0.4) is 0 Å². The molecular weight excluding hydrogens is 813 g/mol. The lowest BCUT2D eigenvalue weighted by Crippen LogP contribution is -2.09. The number of para-hydroxylation sites is 3. The minimum absolute atomic E-state index is 0.898. The van der Waals surface area contributed by atoms with Gasteiger partial charge in [0.2, 0.25) is 0 Å². The second kappa shape index (κ2) is 16.0. The highest BCUT2D eigenvalue weighted by Crippen LogP contribution is 2.42. The molecule has 3 heteroatoms. The monoisotopic (exact) mass is 854 g/mol. The van der Waals surface area contributed by atoms with E-state index in [1.807, 2.05) is 12.1 Å². The van der Waals surface area contributed by atoms with Crippen LogP contribution in [0.4, 0.5) is 17.1 Å². The van der Waals surface area contributed by atoms with E-state index in [9.17, 15) is 0 Å². The van der Waals surface area contributed by atoms with Gasteiger partial charge in [-0.05, 0) is 134 Å². The first kappa shape index (κ1) is 38.5. The zero-order valence-corrected chi connectivity index (χ0v) is 36.6. The smallest absolute Gasteiger partial charge is 0.136 e. The predicted molar refractivity (Wildman–Crippen MR) is 282 cm³/mol. The van der Waals surface area contributed by atoms with Gasteiger partial charge in [-0.25, -0.2) is 0 Å². The van der Waals surface area contributed by atoms with Crippen molar-refractivity contribution in [2.45, 2.75) is 0 Å². The van der Waals surface area contributed by atoms with Crippen molar-refractivity contribution < 1.29 is 4.42 Å². The van der Waals surface area contributed by atoms with E-state index in [0.717, 1.165) is 39.0 Å². The first-order valence-corrected chi connectivity index (χ1v) is 22.9. The van der Waals surface area contributed by atoms with E-state index < -0.39 is 0 Å². The Morgan fingerprint density at radius 2 is 0.746 bits per heavy atom. The summed E-state index contributed by atoms with van der Waals surface area (Å²) < 4.78 is 8.68. The van der Waals surface area contributed by atoms with Gasteiger partial charge in [-0.15, -0.1) is 0 Å². The van der Waals surface area contributed by atoms with E-state index in [-0.39, 0.29) is 0 Å². The fourth-order valence-corrected chi connectivity index (χ4v) is 10.1. The quantitative estimate of drug-likeness (QED) is 0.152. The van der Waals surface area contributed by atoms with Crippen molar-refractivity contribution in [3.05, 3.63) is 255 Å². The lowest BCUT2D eigenvalue weighted by Gasteiger charge is -2.26. The number of nitrogens with zero attached hydrogens (tertiary/aromatic N) is 2. The molecule has 3 nitrogen and oxygen atoms in total. The third-order valence-electron chi connectivity index (χ3n) is 13.4. The molecule has 0 unspecified atom stereocenters. The van der Waals surface area contributed by atoms with Crippen molar-refractivity contribution in [2.75, 3.05) is 4.90 Å². The Labute approximate surface area is 388 Å². The molecule has 13 rings (SSSR count). The van der Waals surface area contributed by atoms with Gasteiger partial charge in [-0.2, -0.15) is 0 Å². The summed E-state index contributed by atoms with van der Waals surface area (Å²) >= 11 is 0. The Kier molecular flexibility index (Phi) is 9.17. The Hall–Kier alpha value is -8.92. The molecule has 0 saturated heterocycles. The van der Waals surface area contributed by atoms with E-state index in [4.69, 9.17) is 4.42 Å². The summed E-state index contributed by atoms with van der Waals surface area (Å²) in [6, 6.07) is 91.8. The summed E-state index contributed by atoms with van der Waals surface area (Å²) in [5, 5.41) is 7.14. The fraction of sp³-hybridized carbons (Fsp3) is 0. The lowest BCUT2D eigenvalue weighted by molar-refractivity contribution is 0.669. The molecule has 0 saturated carbocycles. The number of aromatic nitrogens is 1. The summed E-state index contributed by atoms with van der Waals surface area (Å²) in [5.41, 5.74) is 18.2. The predicted octanol–water partition coefficient (Wildman–Crippen LogP) is 18.0. The number of hydrogen-bond donors (Lipinski definition) is 0. The molecule has 0 spiro atoms. The van der Waals surface area contributed by atoms with Crippen LogP contribution in [0.5, 0.6) is 0 Å². The summed E-state index contributed by atoms with van der Waals surface area (Å²) in [7, 11) is 0. The molecule has 0 atom stereocenters. The molecule has 11 aromatic carbocycles. The van der Waals surface area contributed by atoms with Crippen LogP contribution in [0, 0.1) is 0 Å². The van der Waals surface area contributed by atoms with Crippen molar-refractivity contribution in [2.24, 2.45) is 0 Å². The average molecular weight is 855 g/mol. The summed E-state index contributed by atoms with van der Waals surface area (Å²) in [5.74, 6) is 0. The van der Waals surface area contributed by atoms with Crippen LogP contribution in [-0.4, -0.2) is 4.57 Å². The minimum Gasteiger partial charge on any atom is -0.456 e. The van der Waals surface area contributed by atoms with Crippen molar-refractivity contribution in [3.8, 4) is 50.2 Å². The van der Waals surface area contributed by atoms with Gasteiger partial charge in [0.15, 0.2) is 0 Å². The number of furan rings is 1. The maximum absolute atomic E-state index is 6.31. The largest absolute Gasteiger partial charge is 0.456 e. The number of rotatable bonds is 8. The molecule has 0 amide bonds. The molecular formula is C64H42N2O. The minimum atomic E-state index is 0.898. The molecule has 0 radical (unpaired) electrons. The second-order valence-corrected chi connectivity index (χ2v) is 17.3. The van der Waals surface area contributed by atoms with Crippen LogP contribution in [0.25, 0.3) is 105 Å². The van der Waals surface area contributed by atoms with E-state index in [0.29, 0.717) is 0 Å². The zero-order valence-electron chi connectivity index (χ0n) is 36.6. The first-order valence-electron chi connectivity index (χ1n) is 22.9. The third-order valence-corrected chi connectivity index (χ3v) is 13.4. The van der Waals surface area contributed by atoms with Gasteiger partial charge in [0.25, 0.3) is 0 Å². The SMILES string of the molecule is c1ccc(-c2ccc(N(c3ccc(-c4ccc(-c5ccc(-c6ccc7c(c6)c6ccccc6n7-c6ccccc6)cc5)cc4)cc3)c3ccc4ccc5oc6ccccc6c5c4c3)cc2)cc1. The maximum Gasteiger partial charge on any atom is 0.136 e. The molecule has 2 heterocycles. The normalized spacial score (nSPS) is 11.6. The number of benzene rings is 11. The molecule has 67 heavy (non-hydrogen) atoms. The molecule has 0 aliphatic rings. The molecule has 0 aliphatic carbocycles. The fourth-order valence-electron chi connectivity index (χ4n) is 10.1. The molecule has 0 bridgehead atoms. The van der Waals surface area contributed by atoms with Crippen molar-refractivity contribution >= 4 is 71.6 Å². The van der Waals surface area contributed by atoms with Crippen LogP contribution in [0.15, 0.2) is 259 Å². The van der Waals surface area contributed by atoms with Gasteiger partial charge in [0.05, 0.1) is 11.0 Å². The molecule has 0 N–H and O–H groups in total. The molecule has 0 fully saturated rings. The van der Waals surface area contributed by atoms with E-state index in [2.05, 4.69) is 252 Å². The van der Waals surface area contributed by atoms with Crippen LogP contribution >= 0.6 is 0 Å².